The molecule has 1 aromatic carbocycles. The summed E-state index contributed by atoms with van der Waals surface area (Å²) in [5.74, 6) is 0.443. The third-order valence-corrected chi connectivity index (χ3v) is 4.53. The number of alkyl halides is 1. The van der Waals surface area contributed by atoms with E-state index in [2.05, 4.69) is 25.9 Å². The number of aromatic nitrogens is 2. The fourth-order valence-corrected chi connectivity index (χ4v) is 3.33. The van der Waals surface area contributed by atoms with Crippen LogP contribution in [0.4, 0.5) is 0 Å². The lowest BCUT2D eigenvalue weighted by molar-refractivity contribution is 1.23. The van der Waals surface area contributed by atoms with Gasteiger partial charge in [-0.2, -0.15) is 0 Å². The third-order valence-electron chi connectivity index (χ3n) is 2.64. The molecule has 2 heterocycles. The SMILES string of the molecule is ClCc1csc(-c2ccc(Br)c3cccnc23)n1. The second-order valence-corrected chi connectivity index (χ2v) is 5.75. The van der Waals surface area contributed by atoms with Gasteiger partial charge in [0.25, 0.3) is 0 Å². The largest absolute Gasteiger partial charge is 0.255 e. The molecular weight excluding hydrogens is 332 g/mol. The van der Waals surface area contributed by atoms with Gasteiger partial charge >= 0.3 is 0 Å². The van der Waals surface area contributed by atoms with Gasteiger partial charge in [-0.15, -0.1) is 22.9 Å². The maximum atomic E-state index is 5.79. The molecule has 5 heteroatoms. The van der Waals surface area contributed by atoms with Crippen molar-refractivity contribution < 1.29 is 0 Å². The van der Waals surface area contributed by atoms with Gasteiger partial charge < -0.3 is 0 Å². The second kappa shape index (κ2) is 4.96. The number of fused-ring (bicyclic) bond motifs is 1. The van der Waals surface area contributed by atoms with Crippen molar-refractivity contribution >= 4 is 49.8 Å². The minimum Gasteiger partial charge on any atom is -0.255 e. The van der Waals surface area contributed by atoms with E-state index in [0.717, 1.165) is 31.6 Å². The number of halogens is 2. The second-order valence-electron chi connectivity index (χ2n) is 3.77. The average molecular weight is 340 g/mol. The van der Waals surface area contributed by atoms with Crippen LogP contribution in [-0.4, -0.2) is 9.97 Å². The monoisotopic (exact) mass is 338 g/mol. The first kappa shape index (κ1) is 12.1. The van der Waals surface area contributed by atoms with Crippen LogP contribution in [0.25, 0.3) is 21.5 Å². The maximum Gasteiger partial charge on any atom is 0.125 e. The number of hydrogen-bond donors (Lipinski definition) is 0. The number of thiazole rings is 1. The van der Waals surface area contributed by atoms with E-state index in [9.17, 15) is 0 Å². The normalized spacial score (nSPS) is 11.0. The highest BCUT2D eigenvalue weighted by molar-refractivity contribution is 9.10. The average Bonchev–Trinajstić information content (AvgIpc) is 2.88. The van der Waals surface area contributed by atoms with Crippen LogP contribution in [0.1, 0.15) is 5.69 Å². The zero-order valence-corrected chi connectivity index (χ0v) is 12.4. The Bertz CT molecular complexity index is 711. The Morgan fingerprint density at radius 3 is 2.94 bits per heavy atom. The van der Waals surface area contributed by atoms with Crippen LogP contribution in [0.3, 0.4) is 0 Å². The topological polar surface area (TPSA) is 25.8 Å². The molecule has 0 radical (unpaired) electrons. The van der Waals surface area contributed by atoms with E-state index in [0.29, 0.717) is 5.88 Å². The summed E-state index contributed by atoms with van der Waals surface area (Å²) >= 11 is 10.9. The Kier molecular flexibility index (Phi) is 3.33. The predicted octanol–water partition coefficient (Wildman–Crippen LogP) is 4.86. The molecule has 0 bridgehead atoms. The zero-order valence-electron chi connectivity index (χ0n) is 9.23. The van der Waals surface area contributed by atoms with E-state index >= 15 is 0 Å². The summed E-state index contributed by atoms with van der Waals surface area (Å²) in [5, 5.41) is 4.04. The van der Waals surface area contributed by atoms with Gasteiger partial charge in [-0.25, -0.2) is 4.98 Å². The van der Waals surface area contributed by atoms with Crippen molar-refractivity contribution in [1.82, 2.24) is 9.97 Å². The third kappa shape index (κ3) is 2.05. The number of rotatable bonds is 2. The molecular formula is C13H8BrClN2S. The summed E-state index contributed by atoms with van der Waals surface area (Å²) in [4.78, 5) is 8.97. The molecule has 0 saturated carbocycles. The molecule has 0 unspecified atom stereocenters. The summed E-state index contributed by atoms with van der Waals surface area (Å²) in [6.07, 6.45) is 1.80. The van der Waals surface area contributed by atoms with Crippen molar-refractivity contribution in [3.63, 3.8) is 0 Å². The fourth-order valence-electron chi connectivity index (χ4n) is 1.80. The molecule has 0 aliphatic rings. The van der Waals surface area contributed by atoms with Crippen molar-refractivity contribution in [3.8, 4) is 10.6 Å². The van der Waals surface area contributed by atoms with Crippen molar-refractivity contribution in [2.45, 2.75) is 5.88 Å². The lowest BCUT2D eigenvalue weighted by Gasteiger charge is -2.04. The molecule has 0 saturated heterocycles. The van der Waals surface area contributed by atoms with Gasteiger partial charge in [0.1, 0.15) is 5.01 Å². The van der Waals surface area contributed by atoms with Gasteiger partial charge in [-0.3, -0.25) is 4.98 Å². The summed E-state index contributed by atoms with van der Waals surface area (Å²) in [7, 11) is 0. The van der Waals surface area contributed by atoms with E-state index < -0.39 is 0 Å². The van der Waals surface area contributed by atoms with Crippen molar-refractivity contribution in [2.24, 2.45) is 0 Å². The smallest absolute Gasteiger partial charge is 0.125 e. The van der Waals surface area contributed by atoms with E-state index in [4.69, 9.17) is 11.6 Å². The molecule has 2 aromatic heterocycles. The van der Waals surface area contributed by atoms with Crippen molar-refractivity contribution in [1.29, 1.82) is 0 Å². The van der Waals surface area contributed by atoms with Crippen LogP contribution < -0.4 is 0 Å². The first-order valence-electron chi connectivity index (χ1n) is 5.33. The number of nitrogens with zero attached hydrogens (tertiary/aromatic N) is 2. The van der Waals surface area contributed by atoms with Gasteiger partial charge in [-0.05, 0) is 18.2 Å². The quantitative estimate of drug-likeness (QED) is 0.623. The molecule has 0 atom stereocenters. The summed E-state index contributed by atoms with van der Waals surface area (Å²) < 4.78 is 1.04. The Labute approximate surface area is 122 Å². The lowest BCUT2D eigenvalue weighted by Crippen LogP contribution is -1.85. The molecule has 0 aliphatic carbocycles. The van der Waals surface area contributed by atoms with Gasteiger partial charge in [0.05, 0.1) is 17.1 Å². The minimum atomic E-state index is 0.443. The Morgan fingerprint density at radius 1 is 1.28 bits per heavy atom. The van der Waals surface area contributed by atoms with Crippen LogP contribution in [0.2, 0.25) is 0 Å². The van der Waals surface area contributed by atoms with Crippen molar-refractivity contribution in [2.75, 3.05) is 0 Å². The molecule has 0 aliphatic heterocycles. The molecule has 2 nitrogen and oxygen atoms in total. The standard InChI is InChI=1S/C13H8BrClN2S/c14-11-4-3-10(12-9(11)2-1-5-16-12)13-17-8(6-15)7-18-13/h1-5,7H,6H2. The molecule has 90 valence electrons. The molecule has 0 amide bonds. The van der Waals surface area contributed by atoms with E-state index in [1.165, 1.54) is 0 Å². The van der Waals surface area contributed by atoms with Gasteiger partial charge in [-0.1, -0.05) is 22.0 Å². The fraction of sp³-hybridized carbons (Fsp3) is 0.0769. The van der Waals surface area contributed by atoms with Crippen LogP contribution in [-0.2, 0) is 5.88 Å². The molecule has 18 heavy (non-hydrogen) atoms. The molecule has 0 N–H and O–H groups in total. The van der Waals surface area contributed by atoms with Gasteiger partial charge in [0.15, 0.2) is 0 Å². The van der Waals surface area contributed by atoms with Gasteiger partial charge in [0, 0.05) is 27.0 Å². The van der Waals surface area contributed by atoms with E-state index in [1.54, 1.807) is 17.5 Å². The predicted molar refractivity (Wildman–Crippen MR) is 80.1 cm³/mol. The Balaban J connectivity index is 2.26. The van der Waals surface area contributed by atoms with Crippen LogP contribution in [0, 0.1) is 0 Å². The number of pyridine rings is 1. The zero-order chi connectivity index (χ0) is 12.5. The van der Waals surface area contributed by atoms with E-state index in [-0.39, 0.29) is 0 Å². The minimum absolute atomic E-state index is 0.443. The Morgan fingerprint density at radius 2 is 2.17 bits per heavy atom. The van der Waals surface area contributed by atoms with Crippen molar-refractivity contribution in [3.05, 3.63) is 46.0 Å². The maximum absolute atomic E-state index is 5.79. The highest BCUT2D eigenvalue weighted by atomic mass is 79.9. The molecule has 3 aromatic rings. The van der Waals surface area contributed by atoms with Gasteiger partial charge in [0.2, 0.25) is 0 Å². The van der Waals surface area contributed by atoms with Crippen LogP contribution in [0.5, 0.6) is 0 Å². The van der Waals surface area contributed by atoms with Crippen LogP contribution >= 0.6 is 38.9 Å². The molecule has 0 fully saturated rings. The molecule has 3 rings (SSSR count). The Hall–Kier alpha value is -0.970. The summed E-state index contributed by atoms with van der Waals surface area (Å²) in [6, 6.07) is 8.05. The first-order chi connectivity index (χ1) is 8.79. The lowest BCUT2D eigenvalue weighted by atomic mass is 10.1. The first-order valence-corrected chi connectivity index (χ1v) is 7.54. The number of hydrogen-bond acceptors (Lipinski definition) is 3. The van der Waals surface area contributed by atoms with E-state index in [1.807, 2.05) is 29.6 Å². The highest BCUT2D eigenvalue weighted by Gasteiger charge is 2.10. The molecule has 0 spiro atoms. The number of benzene rings is 1. The summed E-state index contributed by atoms with van der Waals surface area (Å²) in [6.45, 7) is 0. The van der Waals surface area contributed by atoms with Crippen LogP contribution in [0.15, 0.2) is 40.3 Å². The highest BCUT2D eigenvalue weighted by Crippen LogP contribution is 2.33. The summed E-state index contributed by atoms with van der Waals surface area (Å²) in [5.41, 5.74) is 2.92.